The molecule has 1 heterocycles. The molecule has 4 rings (SSSR count). The zero-order valence-electron chi connectivity index (χ0n) is 22.3. The molecular formula is C27H32F6N2O5. The van der Waals surface area contributed by atoms with E-state index in [4.69, 9.17) is 24.5 Å². The Hall–Kier alpha value is -3.32. The summed E-state index contributed by atoms with van der Waals surface area (Å²) < 4.78 is 68.8. The molecular weight excluding hydrogens is 546 g/mol. The maximum atomic E-state index is 10.6. The lowest BCUT2D eigenvalue weighted by Crippen LogP contribution is -2.35. The standard InChI is InChI=1S/C23H30N2O.2C2HF3O2/c1-16(2)24(3)23-20-8-6-5-7-19(20)21-14-25(15-22(21)23)13-17-9-11-18(26-4)12-10-17;2*3-2(4,5)1(6)7/h5-12,16,21-23H,13-15H2,1-4H3;2*(H,6,7)/t21-,22-,23-;;/m0../s1. The Morgan fingerprint density at radius 3 is 1.82 bits per heavy atom. The number of carbonyl (C=O) groups is 2. The Morgan fingerprint density at radius 2 is 1.40 bits per heavy atom. The number of carboxylic acids is 2. The van der Waals surface area contributed by atoms with Gasteiger partial charge in [-0.15, -0.1) is 0 Å². The van der Waals surface area contributed by atoms with E-state index < -0.39 is 24.3 Å². The third-order valence-corrected chi connectivity index (χ3v) is 6.86. The molecule has 0 aromatic heterocycles. The number of fused-ring (bicyclic) bond motifs is 3. The zero-order chi connectivity index (χ0) is 30.4. The van der Waals surface area contributed by atoms with E-state index in [0.29, 0.717) is 23.9 Å². The molecule has 1 saturated heterocycles. The van der Waals surface area contributed by atoms with Crippen LogP contribution in [0.15, 0.2) is 48.5 Å². The van der Waals surface area contributed by atoms with Gasteiger partial charge in [-0.3, -0.25) is 9.80 Å². The highest BCUT2D eigenvalue weighted by Crippen LogP contribution is 2.51. The van der Waals surface area contributed by atoms with Crippen LogP contribution in [0.5, 0.6) is 5.75 Å². The lowest BCUT2D eigenvalue weighted by molar-refractivity contribution is -0.193. The summed E-state index contributed by atoms with van der Waals surface area (Å²) in [4.78, 5) is 23.0. The first kappa shape index (κ1) is 32.9. The zero-order valence-corrected chi connectivity index (χ0v) is 22.3. The maximum Gasteiger partial charge on any atom is 0.490 e. The largest absolute Gasteiger partial charge is 0.497 e. The molecule has 2 aromatic rings. The van der Waals surface area contributed by atoms with Crippen LogP contribution in [0, 0.1) is 5.92 Å². The number of hydrogen-bond donors (Lipinski definition) is 2. The van der Waals surface area contributed by atoms with E-state index in [0.717, 1.165) is 18.8 Å². The molecule has 1 aliphatic carbocycles. The molecule has 13 heteroatoms. The summed E-state index contributed by atoms with van der Waals surface area (Å²) in [6.07, 6.45) is -10.2. The van der Waals surface area contributed by atoms with E-state index in [1.54, 1.807) is 18.2 Å². The lowest BCUT2D eigenvalue weighted by atomic mass is 9.93. The van der Waals surface area contributed by atoms with Gasteiger partial charge in [-0.05, 0) is 55.6 Å². The number of nitrogens with zero attached hydrogens (tertiary/aromatic N) is 2. The molecule has 7 nitrogen and oxygen atoms in total. The monoisotopic (exact) mass is 578 g/mol. The molecule has 0 radical (unpaired) electrons. The van der Waals surface area contributed by atoms with Gasteiger partial charge in [0.1, 0.15) is 5.75 Å². The Labute approximate surface area is 228 Å². The van der Waals surface area contributed by atoms with Crippen molar-refractivity contribution in [2.24, 2.45) is 5.92 Å². The van der Waals surface area contributed by atoms with Crippen molar-refractivity contribution in [3.05, 3.63) is 65.2 Å². The number of methoxy groups -OCH3 is 1. The van der Waals surface area contributed by atoms with Gasteiger partial charge in [-0.2, -0.15) is 26.3 Å². The highest BCUT2D eigenvalue weighted by atomic mass is 19.4. The van der Waals surface area contributed by atoms with Gasteiger partial charge in [-0.1, -0.05) is 36.4 Å². The summed E-state index contributed by atoms with van der Waals surface area (Å²) in [6, 6.07) is 18.7. The summed E-state index contributed by atoms with van der Waals surface area (Å²) in [5, 5.41) is 14.2. The first-order chi connectivity index (χ1) is 18.5. The first-order valence-corrected chi connectivity index (χ1v) is 12.2. The third-order valence-electron chi connectivity index (χ3n) is 6.86. The van der Waals surface area contributed by atoms with Crippen LogP contribution < -0.4 is 4.74 Å². The van der Waals surface area contributed by atoms with E-state index >= 15 is 0 Å². The van der Waals surface area contributed by atoms with E-state index in [2.05, 4.69) is 79.2 Å². The Kier molecular flexibility index (Phi) is 11.0. The average Bonchev–Trinajstić information content (AvgIpc) is 3.40. The van der Waals surface area contributed by atoms with Gasteiger partial charge in [0.15, 0.2) is 0 Å². The van der Waals surface area contributed by atoms with Crippen LogP contribution in [0.2, 0.25) is 0 Å². The predicted octanol–water partition coefficient (Wildman–Crippen LogP) is 5.57. The summed E-state index contributed by atoms with van der Waals surface area (Å²) in [5.74, 6) is -3.23. The van der Waals surface area contributed by atoms with Crippen LogP contribution in [0.4, 0.5) is 26.3 Å². The molecule has 0 unspecified atom stereocenters. The summed E-state index contributed by atoms with van der Waals surface area (Å²) in [5.41, 5.74) is 4.50. The predicted molar refractivity (Wildman–Crippen MR) is 134 cm³/mol. The van der Waals surface area contributed by atoms with Gasteiger partial charge < -0.3 is 14.9 Å². The van der Waals surface area contributed by atoms with Crippen molar-refractivity contribution in [2.75, 3.05) is 27.2 Å². The fourth-order valence-corrected chi connectivity index (χ4v) is 4.87. The number of aliphatic carboxylic acids is 2. The maximum absolute atomic E-state index is 10.6. The number of ether oxygens (including phenoxy) is 1. The van der Waals surface area contributed by atoms with Crippen LogP contribution in [0.25, 0.3) is 0 Å². The molecule has 0 bridgehead atoms. The third kappa shape index (κ3) is 8.59. The fourth-order valence-electron chi connectivity index (χ4n) is 4.87. The van der Waals surface area contributed by atoms with Gasteiger partial charge >= 0.3 is 24.3 Å². The van der Waals surface area contributed by atoms with Gasteiger partial charge in [0, 0.05) is 37.6 Å². The highest BCUT2D eigenvalue weighted by molar-refractivity contribution is 5.73. The minimum absolute atomic E-state index is 0.539. The Morgan fingerprint density at radius 1 is 0.925 bits per heavy atom. The van der Waals surface area contributed by atoms with Gasteiger partial charge in [0.2, 0.25) is 0 Å². The molecule has 3 atom stereocenters. The number of halogens is 6. The molecule has 2 aromatic carbocycles. The van der Waals surface area contributed by atoms with Gasteiger partial charge in [-0.25, -0.2) is 9.59 Å². The minimum atomic E-state index is -5.08. The van der Waals surface area contributed by atoms with Crippen molar-refractivity contribution in [3.8, 4) is 5.75 Å². The second-order valence-electron chi connectivity index (χ2n) is 9.75. The van der Waals surface area contributed by atoms with Crippen molar-refractivity contribution in [3.63, 3.8) is 0 Å². The molecule has 1 fully saturated rings. The van der Waals surface area contributed by atoms with Gasteiger partial charge in [0.05, 0.1) is 7.11 Å². The second kappa shape index (κ2) is 13.4. The van der Waals surface area contributed by atoms with Crippen LogP contribution >= 0.6 is 0 Å². The number of likely N-dealkylation sites (tertiary alicyclic amines) is 1. The van der Waals surface area contributed by atoms with Crippen molar-refractivity contribution in [1.29, 1.82) is 0 Å². The number of rotatable bonds is 5. The van der Waals surface area contributed by atoms with Crippen molar-refractivity contribution in [2.45, 2.75) is 50.7 Å². The normalized spacial score (nSPS) is 20.1. The molecule has 2 N–H and O–H groups in total. The summed E-state index contributed by atoms with van der Waals surface area (Å²) in [6.45, 7) is 7.97. The second-order valence-corrected chi connectivity index (χ2v) is 9.75. The molecule has 0 amide bonds. The first-order valence-electron chi connectivity index (χ1n) is 12.2. The van der Waals surface area contributed by atoms with E-state index in [-0.39, 0.29) is 0 Å². The van der Waals surface area contributed by atoms with Crippen molar-refractivity contribution >= 4 is 11.9 Å². The number of benzene rings is 2. The molecule has 0 spiro atoms. The van der Waals surface area contributed by atoms with Crippen LogP contribution in [-0.4, -0.2) is 77.6 Å². The molecule has 0 saturated carbocycles. The quantitative estimate of drug-likeness (QED) is 0.449. The Balaban J connectivity index is 0.000000333. The summed E-state index contributed by atoms with van der Waals surface area (Å²) in [7, 11) is 4.01. The van der Waals surface area contributed by atoms with Crippen LogP contribution in [0.3, 0.4) is 0 Å². The molecule has 40 heavy (non-hydrogen) atoms. The van der Waals surface area contributed by atoms with E-state index in [1.165, 1.54) is 12.1 Å². The molecule has 1 aliphatic heterocycles. The smallest absolute Gasteiger partial charge is 0.490 e. The molecule has 2 aliphatic rings. The minimum Gasteiger partial charge on any atom is -0.497 e. The lowest BCUT2D eigenvalue weighted by Gasteiger charge is -2.33. The molecule has 222 valence electrons. The number of hydrogen-bond acceptors (Lipinski definition) is 5. The summed E-state index contributed by atoms with van der Waals surface area (Å²) >= 11 is 0. The highest BCUT2D eigenvalue weighted by Gasteiger charge is 2.47. The number of carboxylic acid groups (broad SMARTS) is 2. The van der Waals surface area contributed by atoms with Crippen LogP contribution in [-0.2, 0) is 16.1 Å². The van der Waals surface area contributed by atoms with E-state index in [1.807, 2.05) is 0 Å². The fraction of sp³-hybridized carbons (Fsp3) is 0.481. The van der Waals surface area contributed by atoms with E-state index in [9.17, 15) is 26.3 Å². The van der Waals surface area contributed by atoms with Gasteiger partial charge in [0.25, 0.3) is 0 Å². The number of alkyl halides is 6. The van der Waals surface area contributed by atoms with Crippen molar-refractivity contribution < 1.29 is 50.9 Å². The van der Waals surface area contributed by atoms with Crippen molar-refractivity contribution in [1.82, 2.24) is 9.80 Å². The van der Waals surface area contributed by atoms with Crippen LogP contribution in [0.1, 0.15) is 42.5 Å². The Bertz CT molecular complexity index is 1110. The SMILES string of the molecule is COc1ccc(CN2C[C@H]3[C@@H](C2)c2ccccc2[C@@H]3N(C)C(C)C)cc1.O=C(O)C(F)(F)F.O=C(O)C(F)(F)F. The topological polar surface area (TPSA) is 90.3 Å². The average molecular weight is 579 g/mol.